The average Bonchev–Trinajstić information content (AvgIpc) is 2.54. The van der Waals surface area contributed by atoms with Gasteiger partial charge in [-0.25, -0.2) is 4.79 Å². The van der Waals surface area contributed by atoms with Crippen LogP contribution in [0.25, 0.3) is 0 Å². The second kappa shape index (κ2) is 9.82. The SMILES string of the molecule is C=C(C)C(=O)OC(CC)[Si]1(C(C)C)O[Si](C)(C)O[Si](C)(C)O[Si](C(C)C)(C(C)C)O1. The second-order valence-electron chi connectivity index (χ2n) is 10.2. The minimum atomic E-state index is -3.13. The lowest BCUT2D eigenvalue weighted by Crippen LogP contribution is -2.73. The van der Waals surface area contributed by atoms with Crippen molar-refractivity contribution < 1.29 is 26.0 Å². The van der Waals surface area contributed by atoms with Crippen LogP contribution in [0.5, 0.6) is 0 Å². The minimum Gasteiger partial charge on any atom is -0.457 e. The highest BCUT2D eigenvalue weighted by Crippen LogP contribution is 2.46. The summed E-state index contributed by atoms with van der Waals surface area (Å²) in [6.07, 6.45) is 0.607. The van der Waals surface area contributed by atoms with Crippen LogP contribution in [0.1, 0.15) is 61.8 Å². The number of hydrogen-bond donors (Lipinski definition) is 0. The first-order valence-electron chi connectivity index (χ1n) is 11.1. The first-order valence-corrected chi connectivity index (χ1v) is 20.7. The Kier molecular flexibility index (Phi) is 9.15. The van der Waals surface area contributed by atoms with Gasteiger partial charge in [-0.05, 0) is 56.2 Å². The molecule has 0 radical (unpaired) electrons. The predicted octanol–water partition coefficient (Wildman–Crippen LogP) is 6.02. The maximum Gasteiger partial charge on any atom is 0.365 e. The maximum absolute atomic E-state index is 12.5. The fourth-order valence-electron chi connectivity index (χ4n) is 4.25. The standard InChI is InChI=1S/C20H44O6Si4/c1-14-19(22-20(21)15(2)3)30(18(8)9)25-28(12,13)23-27(10,11)24-29(26-30,16(4)5)17(6)7/h16-19H,2,14H2,1,3-13H3. The first-order chi connectivity index (χ1) is 13.4. The maximum atomic E-state index is 12.5. The molecule has 1 heterocycles. The number of carbonyl (C=O) groups excluding carboxylic acids is 1. The van der Waals surface area contributed by atoms with Gasteiger partial charge >= 0.3 is 40.2 Å². The normalized spacial score (nSPS) is 26.9. The highest BCUT2D eigenvalue weighted by atomic mass is 28.5. The topological polar surface area (TPSA) is 63.2 Å². The van der Waals surface area contributed by atoms with Gasteiger partial charge in [0.1, 0.15) is 5.73 Å². The molecule has 6 nitrogen and oxygen atoms in total. The Morgan fingerprint density at radius 3 is 1.53 bits per heavy atom. The van der Waals surface area contributed by atoms with E-state index in [0.717, 1.165) is 0 Å². The van der Waals surface area contributed by atoms with Crippen molar-refractivity contribution in [3.63, 3.8) is 0 Å². The Bertz CT molecular complexity index is 627. The van der Waals surface area contributed by atoms with Crippen LogP contribution in [0, 0.1) is 0 Å². The van der Waals surface area contributed by atoms with E-state index in [9.17, 15) is 4.79 Å². The molecule has 1 aliphatic rings. The van der Waals surface area contributed by atoms with E-state index in [0.29, 0.717) is 12.0 Å². The minimum absolute atomic E-state index is 0.0478. The molecule has 0 N–H and O–H groups in total. The number of esters is 1. The molecule has 1 fully saturated rings. The van der Waals surface area contributed by atoms with Gasteiger partial charge in [-0.15, -0.1) is 0 Å². The van der Waals surface area contributed by atoms with Gasteiger partial charge in [0, 0.05) is 5.57 Å². The zero-order valence-electron chi connectivity index (χ0n) is 21.2. The molecule has 0 aromatic heterocycles. The predicted molar refractivity (Wildman–Crippen MR) is 131 cm³/mol. The lowest BCUT2D eigenvalue weighted by Gasteiger charge is -2.55. The van der Waals surface area contributed by atoms with Crippen LogP contribution in [-0.2, 0) is 26.0 Å². The van der Waals surface area contributed by atoms with Crippen molar-refractivity contribution in [1.82, 2.24) is 0 Å². The van der Waals surface area contributed by atoms with Gasteiger partial charge in [-0.1, -0.05) is 55.0 Å². The molecule has 0 aliphatic carbocycles. The Labute approximate surface area is 188 Å². The van der Waals surface area contributed by atoms with Crippen molar-refractivity contribution in [1.29, 1.82) is 0 Å². The van der Waals surface area contributed by atoms with Crippen molar-refractivity contribution >= 4 is 40.2 Å². The highest BCUT2D eigenvalue weighted by Gasteiger charge is 2.64. The Morgan fingerprint density at radius 2 is 1.20 bits per heavy atom. The molecule has 0 spiro atoms. The van der Waals surface area contributed by atoms with Crippen molar-refractivity contribution in [2.75, 3.05) is 0 Å². The van der Waals surface area contributed by atoms with Crippen LogP contribution < -0.4 is 0 Å². The molecule has 0 amide bonds. The molecule has 0 aromatic carbocycles. The van der Waals surface area contributed by atoms with Crippen LogP contribution in [-0.4, -0.2) is 45.9 Å². The summed E-state index contributed by atoms with van der Waals surface area (Å²) >= 11 is 0. The summed E-state index contributed by atoms with van der Waals surface area (Å²) in [7, 11) is -11.0. The van der Waals surface area contributed by atoms with Gasteiger partial charge in [0.15, 0.2) is 0 Å². The quantitative estimate of drug-likeness (QED) is 0.246. The Hall–Kier alpha value is -0.0825. The molecule has 0 bridgehead atoms. The van der Waals surface area contributed by atoms with Gasteiger partial charge < -0.3 is 21.2 Å². The number of carbonyl (C=O) groups is 1. The lowest BCUT2D eigenvalue weighted by molar-refractivity contribution is -0.142. The van der Waals surface area contributed by atoms with E-state index in [1.165, 1.54) is 0 Å². The number of hydrogen-bond acceptors (Lipinski definition) is 6. The number of ether oxygens (including phenoxy) is 1. The third-order valence-electron chi connectivity index (χ3n) is 5.45. The van der Waals surface area contributed by atoms with Gasteiger partial charge in [0.2, 0.25) is 0 Å². The highest BCUT2D eigenvalue weighted by molar-refractivity contribution is 6.95. The molecule has 1 aliphatic heterocycles. The molecule has 2 atom stereocenters. The monoisotopic (exact) mass is 492 g/mol. The van der Waals surface area contributed by atoms with E-state index in [-0.39, 0.29) is 16.6 Å². The van der Waals surface area contributed by atoms with E-state index >= 15 is 0 Å². The van der Waals surface area contributed by atoms with E-state index in [4.69, 9.17) is 21.2 Å². The molecule has 0 aromatic rings. The summed E-state index contributed by atoms with van der Waals surface area (Å²) in [6.45, 7) is 28.6. The summed E-state index contributed by atoms with van der Waals surface area (Å²) in [4.78, 5) is 12.5. The van der Waals surface area contributed by atoms with Crippen LogP contribution in [0.2, 0.25) is 42.8 Å². The fraction of sp³-hybridized carbons (Fsp3) is 0.850. The van der Waals surface area contributed by atoms with E-state index in [2.05, 4.69) is 61.2 Å². The Balaban J connectivity index is 3.73. The summed E-state index contributed by atoms with van der Waals surface area (Å²) in [6, 6.07) is 0. The first kappa shape index (κ1) is 28.0. The molecule has 30 heavy (non-hydrogen) atoms. The molecular weight excluding hydrogens is 449 g/mol. The van der Waals surface area contributed by atoms with E-state index in [1.54, 1.807) is 6.92 Å². The van der Waals surface area contributed by atoms with Crippen molar-refractivity contribution in [3.05, 3.63) is 12.2 Å². The molecule has 1 rings (SSSR count). The van der Waals surface area contributed by atoms with Crippen molar-refractivity contribution in [2.45, 2.75) is 110 Å². The fourth-order valence-corrected chi connectivity index (χ4v) is 28.9. The largest absolute Gasteiger partial charge is 0.457 e. The van der Waals surface area contributed by atoms with Gasteiger partial charge in [0.25, 0.3) is 0 Å². The van der Waals surface area contributed by atoms with Crippen molar-refractivity contribution in [3.8, 4) is 0 Å². The second-order valence-corrected chi connectivity index (χ2v) is 26.1. The third kappa shape index (κ3) is 6.03. The van der Waals surface area contributed by atoms with E-state index < -0.39 is 45.9 Å². The summed E-state index contributed by atoms with van der Waals surface area (Å²) in [5.41, 5.74) is 0.346. The summed E-state index contributed by atoms with van der Waals surface area (Å²) in [5, 5.41) is 0. The summed E-state index contributed by atoms with van der Waals surface area (Å²) in [5.74, 6) is -0.402. The smallest absolute Gasteiger partial charge is 0.365 e. The molecule has 10 heteroatoms. The zero-order chi connectivity index (χ0) is 23.7. The average molecular weight is 493 g/mol. The molecule has 1 saturated heterocycles. The van der Waals surface area contributed by atoms with Crippen LogP contribution >= 0.6 is 0 Å². The van der Waals surface area contributed by atoms with Crippen molar-refractivity contribution in [2.24, 2.45) is 0 Å². The van der Waals surface area contributed by atoms with Crippen LogP contribution in [0.4, 0.5) is 0 Å². The zero-order valence-corrected chi connectivity index (χ0v) is 25.2. The summed E-state index contributed by atoms with van der Waals surface area (Å²) < 4.78 is 33.8. The Morgan fingerprint density at radius 1 is 0.800 bits per heavy atom. The van der Waals surface area contributed by atoms with Gasteiger partial charge in [0.05, 0.1) is 0 Å². The van der Waals surface area contributed by atoms with Crippen LogP contribution in [0.15, 0.2) is 12.2 Å². The molecule has 0 saturated carbocycles. The number of rotatable bonds is 7. The molecule has 2 unspecified atom stereocenters. The third-order valence-corrected chi connectivity index (χ3v) is 24.7. The lowest BCUT2D eigenvalue weighted by atomic mass is 10.4. The van der Waals surface area contributed by atoms with Gasteiger partial charge in [-0.2, -0.15) is 0 Å². The molecular formula is C20H44O6Si4. The molecule has 176 valence electrons. The van der Waals surface area contributed by atoms with Gasteiger partial charge in [-0.3, -0.25) is 0 Å². The van der Waals surface area contributed by atoms with E-state index in [1.807, 2.05) is 20.0 Å². The van der Waals surface area contributed by atoms with Crippen LogP contribution in [0.3, 0.4) is 0 Å².